The monoisotopic (exact) mass is 1920 g/mol. The average molecular weight is 1920 g/mol. The summed E-state index contributed by atoms with van der Waals surface area (Å²) >= 11 is 0. The molecule has 0 bridgehead atoms. The summed E-state index contributed by atoms with van der Waals surface area (Å²) in [7, 11) is 0. The zero-order valence-electron chi connectivity index (χ0n) is 80.8. The molecular weight excluding hydrogens is 1830 g/mol. The molecule has 700 valence electrons. The average Bonchev–Trinajstić information content (AvgIpc) is 1.59. The molecule has 19 aromatic carbocycles. The molecule has 9 heterocycles. The van der Waals surface area contributed by atoms with Crippen LogP contribution in [0.1, 0.15) is 0 Å². The lowest BCUT2D eigenvalue weighted by atomic mass is 9.97. The van der Waals surface area contributed by atoms with Crippen molar-refractivity contribution in [1.29, 1.82) is 0 Å². The first-order chi connectivity index (χ1) is 74.3. The van der Waals surface area contributed by atoms with Gasteiger partial charge in [-0.05, 0) is 246 Å². The van der Waals surface area contributed by atoms with Crippen molar-refractivity contribution in [2.24, 2.45) is 0 Å². The Balaban J connectivity index is 0.000000109. The largest absolute Gasteiger partial charge is 0.309 e. The van der Waals surface area contributed by atoms with Gasteiger partial charge in [0.15, 0.2) is 17.5 Å². The first-order valence-corrected chi connectivity index (χ1v) is 50.3. The number of aromatic nitrogens is 12. The zero-order chi connectivity index (χ0) is 99.2. The Bertz CT molecular complexity index is 9520. The first-order valence-electron chi connectivity index (χ1n) is 50.3. The fourth-order valence-electron chi connectivity index (χ4n) is 22.2. The van der Waals surface area contributed by atoms with E-state index in [1.807, 2.05) is 61.1 Å². The van der Waals surface area contributed by atoms with Crippen LogP contribution in [0, 0.1) is 5.82 Å². The quantitative estimate of drug-likeness (QED) is 0.0984. The van der Waals surface area contributed by atoms with E-state index in [1.165, 1.54) is 133 Å². The Morgan fingerprint density at radius 3 is 0.773 bits per heavy atom. The second-order valence-corrected chi connectivity index (χ2v) is 37.9. The standard InChI is InChI=1S/2C49H30N4.C39H25FN4/c1-2-11-37-36(10-1)40-14-7-15-41-43(27-26-42(37)48(40)41)49-51-44(32-20-18-31(19-21-32)34-9-8-28-50-30-34)29-45(52-49)33-22-24-35(25-23-33)53-46-16-5-3-12-38(46)39-13-4-6-17-47(39)53;1-2-9-37-36(8-1)40-12-7-13-41-43(25-24-42(37)48(40)41)49-51-44(33-18-16-31(17-19-33)32-26-28-50-29-27-32)30-45(52-49)34-20-22-35(23-21-34)53-46-14-5-3-10-38(46)39-11-4-6-15-47(39)53;40-30-20-16-29(17-21-30)39-42-35(27-14-12-26(13-15-27)34-9-5-6-24-41-34)25-36(43-39)28-18-22-31(23-19-28)44-37-10-3-1-7-32(37)33-8-2-4-11-38(33)44/h2*1-30H;1-25H. The summed E-state index contributed by atoms with van der Waals surface area (Å²) in [5.41, 5.74) is 40.9. The Morgan fingerprint density at radius 1 is 0.160 bits per heavy atom. The summed E-state index contributed by atoms with van der Waals surface area (Å²) < 4.78 is 20.8. The van der Waals surface area contributed by atoms with Crippen molar-refractivity contribution in [1.82, 2.24) is 58.6 Å². The maximum Gasteiger partial charge on any atom is 0.161 e. The lowest BCUT2D eigenvalue weighted by Crippen LogP contribution is -1.98. The van der Waals surface area contributed by atoms with Crippen LogP contribution in [0.4, 0.5) is 4.39 Å². The van der Waals surface area contributed by atoms with Gasteiger partial charge in [0.1, 0.15) is 5.82 Å². The highest BCUT2D eigenvalue weighted by Crippen LogP contribution is 2.52. The molecule has 30 rings (SSSR count). The van der Waals surface area contributed by atoms with E-state index in [2.05, 4.69) is 447 Å². The molecule has 2 aliphatic carbocycles. The van der Waals surface area contributed by atoms with E-state index < -0.39 is 0 Å². The lowest BCUT2D eigenvalue weighted by molar-refractivity contribution is 0.628. The fraction of sp³-hybridized carbons (Fsp3) is 0. The van der Waals surface area contributed by atoms with Crippen LogP contribution in [0.5, 0.6) is 0 Å². The summed E-state index contributed by atoms with van der Waals surface area (Å²) in [6.45, 7) is 0. The Hall–Kier alpha value is -20.3. The summed E-state index contributed by atoms with van der Waals surface area (Å²) in [5.74, 6) is 1.66. The maximum atomic E-state index is 13.8. The highest BCUT2D eigenvalue weighted by molar-refractivity contribution is 6.21. The number of fused-ring (bicyclic) bond motifs is 15. The van der Waals surface area contributed by atoms with E-state index in [0.717, 1.165) is 146 Å². The fourth-order valence-corrected chi connectivity index (χ4v) is 22.2. The minimum Gasteiger partial charge on any atom is -0.309 e. The van der Waals surface area contributed by atoms with E-state index >= 15 is 0 Å². The minimum absolute atomic E-state index is 0.295. The molecule has 0 aliphatic heterocycles. The second-order valence-electron chi connectivity index (χ2n) is 37.9. The van der Waals surface area contributed by atoms with E-state index in [-0.39, 0.29) is 5.82 Å². The van der Waals surface area contributed by atoms with Crippen molar-refractivity contribution in [2.45, 2.75) is 0 Å². The third-order valence-corrected chi connectivity index (χ3v) is 29.4. The molecule has 0 amide bonds. The lowest BCUT2D eigenvalue weighted by Gasteiger charge is -2.13. The smallest absolute Gasteiger partial charge is 0.161 e. The molecule has 0 saturated carbocycles. The Kier molecular flexibility index (Phi) is 21.5. The third-order valence-electron chi connectivity index (χ3n) is 29.4. The van der Waals surface area contributed by atoms with Gasteiger partial charge in [-0.2, -0.15) is 0 Å². The number of rotatable bonds is 15. The number of para-hydroxylation sites is 6. The summed E-state index contributed by atoms with van der Waals surface area (Å²) in [5, 5.41) is 12.3. The highest BCUT2D eigenvalue weighted by atomic mass is 19.1. The molecule has 0 atom stereocenters. The van der Waals surface area contributed by atoms with Gasteiger partial charge in [-0.3, -0.25) is 15.0 Å². The van der Waals surface area contributed by atoms with Gasteiger partial charge in [-0.15, -0.1) is 0 Å². The van der Waals surface area contributed by atoms with Gasteiger partial charge < -0.3 is 13.7 Å². The maximum absolute atomic E-state index is 13.8. The predicted molar refractivity (Wildman–Crippen MR) is 612 cm³/mol. The number of pyridine rings is 3. The van der Waals surface area contributed by atoms with Gasteiger partial charge in [0.2, 0.25) is 0 Å². The number of hydrogen-bond donors (Lipinski definition) is 0. The molecule has 0 N–H and O–H groups in total. The highest BCUT2D eigenvalue weighted by Gasteiger charge is 2.28. The minimum atomic E-state index is -0.295. The van der Waals surface area contributed by atoms with E-state index in [4.69, 9.17) is 29.9 Å². The normalized spacial score (nSPS) is 11.6. The molecule has 150 heavy (non-hydrogen) atoms. The summed E-state index contributed by atoms with van der Waals surface area (Å²) in [6.07, 6.45) is 9.15. The Morgan fingerprint density at radius 2 is 0.433 bits per heavy atom. The first kappa shape index (κ1) is 87.5. The number of nitrogens with zero attached hydrogens (tertiary/aromatic N) is 12. The molecule has 28 aromatic rings. The molecule has 12 nitrogen and oxygen atoms in total. The molecular formula is C137H85FN12. The van der Waals surface area contributed by atoms with Gasteiger partial charge >= 0.3 is 0 Å². The van der Waals surface area contributed by atoms with Crippen molar-refractivity contribution < 1.29 is 4.39 Å². The van der Waals surface area contributed by atoms with Crippen LogP contribution in [-0.4, -0.2) is 58.6 Å². The van der Waals surface area contributed by atoms with Crippen LogP contribution in [0.3, 0.4) is 0 Å². The molecule has 0 saturated heterocycles. The molecule has 0 unspecified atom stereocenters. The predicted octanol–water partition coefficient (Wildman–Crippen LogP) is 34.7. The van der Waals surface area contributed by atoms with Crippen molar-refractivity contribution >= 4 is 87.0 Å². The Labute approximate surface area is 862 Å². The number of halogens is 1. The van der Waals surface area contributed by atoms with Crippen LogP contribution >= 0.6 is 0 Å². The van der Waals surface area contributed by atoms with Crippen LogP contribution < -0.4 is 0 Å². The molecule has 13 heteroatoms. The van der Waals surface area contributed by atoms with Gasteiger partial charge in [0, 0.05) is 136 Å². The SMILES string of the molecule is Fc1ccc(-c2nc(-c3ccc(-c4ccccn4)cc3)cc(-c3ccc(-n4c5ccccc5c5ccccc54)cc3)n2)cc1.c1ccc2c(c1)-c1cccc3c(-c4nc(-c5ccc(-c6ccncc6)cc5)cc(-c5ccc(-n6c7ccccc7c7ccccc76)cc5)n4)ccc-2c13.c1cncc(-c2ccc(-c3cc(-c4ccc(-n5c6ccccc6c6ccccc65)cc4)nc(-c4ccc5c6c(cccc46)-c4ccccc4-5)n3)cc2)c1. The van der Waals surface area contributed by atoms with Crippen molar-refractivity contribution in [3.63, 3.8) is 0 Å². The third kappa shape index (κ3) is 15.5. The topological polar surface area (TPSA) is 131 Å². The molecule has 0 spiro atoms. The van der Waals surface area contributed by atoms with E-state index in [9.17, 15) is 4.39 Å². The van der Waals surface area contributed by atoms with Crippen molar-refractivity contribution in [2.75, 3.05) is 0 Å². The van der Waals surface area contributed by atoms with Gasteiger partial charge in [0.25, 0.3) is 0 Å². The van der Waals surface area contributed by atoms with Gasteiger partial charge in [-0.25, -0.2) is 34.3 Å². The van der Waals surface area contributed by atoms with Crippen LogP contribution in [0.15, 0.2) is 516 Å². The number of hydrogen-bond acceptors (Lipinski definition) is 9. The molecule has 2 aliphatic rings. The van der Waals surface area contributed by atoms with Crippen molar-refractivity contribution in [3.8, 4) is 197 Å². The molecule has 9 aromatic heterocycles. The summed E-state index contributed by atoms with van der Waals surface area (Å²) in [6, 6.07) is 169. The van der Waals surface area contributed by atoms with E-state index in [1.54, 1.807) is 24.5 Å². The van der Waals surface area contributed by atoms with Crippen LogP contribution in [0.2, 0.25) is 0 Å². The molecule has 0 fully saturated rings. The zero-order valence-corrected chi connectivity index (χ0v) is 80.8. The van der Waals surface area contributed by atoms with Crippen LogP contribution in [0.25, 0.3) is 284 Å². The van der Waals surface area contributed by atoms with Gasteiger partial charge in [0.05, 0.1) is 73.0 Å². The van der Waals surface area contributed by atoms with Gasteiger partial charge in [-0.1, -0.05) is 328 Å². The number of benzene rings is 19. The van der Waals surface area contributed by atoms with Crippen LogP contribution in [-0.2, 0) is 0 Å². The summed E-state index contributed by atoms with van der Waals surface area (Å²) in [4.78, 5) is 44.0. The second kappa shape index (κ2) is 36.8. The van der Waals surface area contributed by atoms with Crippen molar-refractivity contribution in [3.05, 3.63) is 522 Å². The van der Waals surface area contributed by atoms with E-state index in [0.29, 0.717) is 17.5 Å². The molecule has 0 radical (unpaired) electrons.